The van der Waals surface area contributed by atoms with E-state index in [1.54, 1.807) is 0 Å². The van der Waals surface area contributed by atoms with Crippen molar-refractivity contribution in [3.63, 3.8) is 0 Å². The fraction of sp³-hybridized carbons (Fsp3) is 0.615. The van der Waals surface area contributed by atoms with Crippen molar-refractivity contribution in [3.8, 4) is 0 Å². The Bertz CT molecular complexity index is 428. The van der Waals surface area contributed by atoms with Crippen LogP contribution in [0.1, 0.15) is 28.8 Å². The van der Waals surface area contributed by atoms with E-state index in [1.807, 2.05) is 13.0 Å². The third-order valence-electron chi connectivity index (χ3n) is 3.34. The average molecular weight is 252 g/mol. The molecule has 5 nitrogen and oxygen atoms in total. The summed E-state index contributed by atoms with van der Waals surface area (Å²) in [4.78, 5) is 13.8. The van der Waals surface area contributed by atoms with Crippen molar-refractivity contribution in [2.75, 3.05) is 26.7 Å². The average Bonchev–Trinajstić information content (AvgIpc) is 2.72. The van der Waals surface area contributed by atoms with Gasteiger partial charge in [0, 0.05) is 31.2 Å². The summed E-state index contributed by atoms with van der Waals surface area (Å²) in [5.41, 5.74) is 0.833. The molecule has 0 radical (unpaired) electrons. The summed E-state index contributed by atoms with van der Waals surface area (Å²) < 4.78 is 10.3. The molecule has 1 atom stereocenters. The van der Waals surface area contributed by atoms with E-state index >= 15 is 0 Å². The molecular formula is C13H20N2O3. The Balaban J connectivity index is 2.07. The van der Waals surface area contributed by atoms with E-state index < -0.39 is 5.97 Å². The zero-order valence-electron chi connectivity index (χ0n) is 11.2. The van der Waals surface area contributed by atoms with Gasteiger partial charge in [-0.1, -0.05) is 0 Å². The van der Waals surface area contributed by atoms with Crippen molar-refractivity contribution < 1.29 is 13.9 Å². The fourth-order valence-corrected chi connectivity index (χ4v) is 2.24. The second kappa shape index (κ2) is 5.54. The number of esters is 1. The minimum absolute atomic E-state index is 0.315. The van der Waals surface area contributed by atoms with Gasteiger partial charge in [-0.25, -0.2) is 4.79 Å². The second-order valence-electron chi connectivity index (χ2n) is 4.74. The molecule has 0 spiro atoms. The quantitative estimate of drug-likeness (QED) is 0.818. The van der Waals surface area contributed by atoms with Crippen LogP contribution in [0.25, 0.3) is 0 Å². The number of nitrogens with zero attached hydrogens (tertiary/aromatic N) is 1. The molecule has 0 saturated carbocycles. The maximum absolute atomic E-state index is 11.5. The molecular weight excluding hydrogens is 232 g/mol. The lowest BCUT2D eigenvalue weighted by Gasteiger charge is -2.33. The van der Waals surface area contributed by atoms with Gasteiger partial charge in [0.25, 0.3) is 0 Å². The number of methoxy groups -OCH3 is 1. The van der Waals surface area contributed by atoms with Gasteiger partial charge in [0.1, 0.15) is 5.76 Å². The molecule has 2 rings (SSSR count). The maximum atomic E-state index is 11.5. The first-order valence-electron chi connectivity index (χ1n) is 6.24. The summed E-state index contributed by atoms with van der Waals surface area (Å²) in [5.74, 6) is 0.726. The van der Waals surface area contributed by atoms with Gasteiger partial charge in [-0.3, -0.25) is 4.90 Å². The number of piperazine rings is 1. The lowest BCUT2D eigenvalue weighted by molar-refractivity contribution is 0.0558. The Labute approximate surface area is 107 Å². The molecule has 2 heterocycles. The van der Waals surface area contributed by atoms with Crippen LogP contribution < -0.4 is 5.32 Å². The molecule has 1 aliphatic rings. The van der Waals surface area contributed by atoms with Gasteiger partial charge in [0.2, 0.25) is 5.76 Å². The summed E-state index contributed by atoms with van der Waals surface area (Å²) in [6.45, 7) is 7.76. The van der Waals surface area contributed by atoms with Gasteiger partial charge < -0.3 is 14.5 Å². The molecule has 0 aromatic carbocycles. The highest BCUT2D eigenvalue weighted by Gasteiger charge is 2.21. The van der Waals surface area contributed by atoms with Crippen LogP contribution in [0.4, 0.5) is 0 Å². The van der Waals surface area contributed by atoms with Crippen LogP contribution in [0.2, 0.25) is 0 Å². The van der Waals surface area contributed by atoms with Crippen LogP contribution in [0.3, 0.4) is 0 Å². The Morgan fingerprint density at radius 2 is 2.44 bits per heavy atom. The number of hydrogen-bond acceptors (Lipinski definition) is 5. The summed E-state index contributed by atoms with van der Waals surface area (Å²) in [7, 11) is 1.36. The second-order valence-corrected chi connectivity index (χ2v) is 4.74. The van der Waals surface area contributed by atoms with E-state index in [9.17, 15) is 4.79 Å². The van der Waals surface area contributed by atoms with Crippen molar-refractivity contribution in [3.05, 3.63) is 23.2 Å². The molecule has 100 valence electrons. The van der Waals surface area contributed by atoms with Crippen molar-refractivity contribution in [1.82, 2.24) is 10.2 Å². The predicted molar refractivity (Wildman–Crippen MR) is 67.5 cm³/mol. The highest BCUT2D eigenvalue weighted by Crippen LogP contribution is 2.18. The van der Waals surface area contributed by atoms with Gasteiger partial charge in [0.15, 0.2) is 0 Å². The summed E-state index contributed by atoms with van der Waals surface area (Å²) in [5, 5.41) is 3.35. The zero-order chi connectivity index (χ0) is 13.1. The van der Waals surface area contributed by atoms with E-state index in [-0.39, 0.29) is 0 Å². The number of furan rings is 1. The molecule has 0 unspecified atom stereocenters. The van der Waals surface area contributed by atoms with Crippen molar-refractivity contribution in [1.29, 1.82) is 0 Å². The lowest BCUT2D eigenvalue weighted by Crippen LogP contribution is -2.49. The molecule has 1 aliphatic heterocycles. The molecule has 0 bridgehead atoms. The minimum atomic E-state index is -0.410. The van der Waals surface area contributed by atoms with Crippen LogP contribution in [-0.4, -0.2) is 43.7 Å². The predicted octanol–water partition coefficient (Wildman–Crippen LogP) is 1.17. The Morgan fingerprint density at radius 1 is 1.67 bits per heavy atom. The third-order valence-corrected chi connectivity index (χ3v) is 3.34. The zero-order valence-corrected chi connectivity index (χ0v) is 11.2. The van der Waals surface area contributed by atoms with Crippen LogP contribution in [0.5, 0.6) is 0 Å². The molecule has 1 aromatic heterocycles. The Hall–Kier alpha value is -1.33. The van der Waals surface area contributed by atoms with Crippen molar-refractivity contribution in [2.24, 2.45) is 0 Å². The van der Waals surface area contributed by atoms with Crippen LogP contribution in [0, 0.1) is 6.92 Å². The highest BCUT2D eigenvalue weighted by molar-refractivity contribution is 5.87. The largest absolute Gasteiger partial charge is 0.463 e. The third kappa shape index (κ3) is 2.73. The standard InChI is InChI=1S/C13H20N2O3/c1-9-6-11(18-12(9)13(16)17-3)8-15-5-4-14-7-10(15)2/h6,10,14H,4-5,7-8H2,1-3H3/t10-/m0/s1. The fourth-order valence-electron chi connectivity index (χ4n) is 2.24. The summed E-state index contributed by atoms with van der Waals surface area (Å²) >= 11 is 0. The molecule has 0 aliphatic carbocycles. The Kier molecular flexibility index (Phi) is 4.04. The SMILES string of the molecule is COC(=O)c1oc(CN2CCNC[C@@H]2C)cc1C. The van der Waals surface area contributed by atoms with Crippen molar-refractivity contribution in [2.45, 2.75) is 26.4 Å². The van der Waals surface area contributed by atoms with E-state index in [0.717, 1.165) is 37.5 Å². The van der Waals surface area contributed by atoms with Crippen LogP contribution in [-0.2, 0) is 11.3 Å². The molecule has 0 amide bonds. The number of aryl methyl sites for hydroxylation is 1. The molecule has 1 N–H and O–H groups in total. The van der Waals surface area contributed by atoms with E-state index in [2.05, 4.69) is 21.9 Å². The molecule has 18 heavy (non-hydrogen) atoms. The number of hydrogen-bond donors (Lipinski definition) is 1. The number of nitrogens with one attached hydrogen (secondary N) is 1. The normalized spacial score (nSPS) is 20.9. The van der Waals surface area contributed by atoms with Gasteiger partial charge in [-0.05, 0) is 19.9 Å². The number of rotatable bonds is 3. The molecule has 1 saturated heterocycles. The smallest absolute Gasteiger partial charge is 0.374 e. The van der Waals surface area contributed by atoms with Gasteiger partial charge in [-0.15, -0.1) is 0 Å². The number of carbonyl (C=O) groups is 1. The van der Waals surface area contributed by atoms with Crippen molar-refractivity contribution >= 4 is 5.97 Å². The van der Waals surface area contributed by atoms with E-state index in [1.165, 1.54) is 7.11 Å². The van der Waals surface area contributed by atoms with Crippen LogP contribution in [0.15, 0.2) is 10.5 Å². The number of ether oxygens (including phenoxy) is 1. The van der Waals surface area contributed by atoms with E-state index in [4.69, 9.17) is 4.42 Å². The van der Waals surface area contributed by atoms with Gasteiger partial charge >= 0.3 is 5.97 Å². The molecule has 1 fully saturated rings. The monoisotopic (exact) mass is 252 g/mol. The maximum Gasteiger partial charge on any atom is 0.374 e. The molecule has 5 heteroatoms. The lowest BCUT2D eigenvalue weighted by atomic mass is 10.2. The summed E-state index contributed by atoms with van der Waals surface area (Å²) in [6, 6.07) is 2.40. The number of carbonyl (C=O) groups excluding carboxylic acids is 1. The van der Waals surface area contributed by atoms with Gasteiger partial charge in [0.05, 0.1) is 13.7 Å². The van der Waals surface area contributed by atoms with E-state index in [0.29, 0.717) is 11.8 Å². The molecule has 1 aromatic rings. The minimum Gasteiger partial charge on any atom is -0.463 e. The first kappa shape index (κ1) is 13.1. The highest BCUT2D eigenvalue weighted by atomic mass is 16.5. The first-order valence-corrected chi connectivity index (χ1v) is 6.24. The summed E-state index contributed by atoms with van der Waals surface area (Å²) in [6.07, 6.45) is 0. The van der Waals surface area contributed by atoms with Gasteiger partial charge in [-0.2, -0.15) is 0 Å². The Morgan fingerprint density at radius 3 is 3.11 bits per heavy atom. The first-order chi connectivity index (χ1) is 8.61. The van der Waals surface area contributed by atoms with Crippen LogP contribution >= 0.6 is 0 Å². The topological polar surface area (TPSA) is 54.7 Å².